The SMILES string of the molecule is O=C1CNCN1C1CCCS(=O)(=O)C1. The number of sulfone groups is 1. The van der Waals surface area contributed by atoms with Crippen molar-refractivity contribution in [3.63, 3.8) is 0 Å². The lowest BCUT2D eigenvalue weighted by Gasteiger charge is -2.29. The van der Waals surface area contributed by atoms with E-state index >= 15 is 0 Å². The zero-order valence-corrected chi connectivity index (χ0v) is 8.72. The summed E-state index contributed by atoms with van der Waals surface area (Å²) in [6.45, 7) is 0.843. The summed E-state index contributed by atoms with van der Waals surface area (Å²) in [6.07, 6.45) is 1.49. The molecule has 80 valence electrons. The summed E-state index contributed by atoms with van der Waals surface area (Å²) in [5.41, 5.74) is 0. The van der Waals surface area contributed by atoms with Crippen molar-refractivity contribution in [3.8, 4) is 0 Å². The van der Waals surface area contributed by atoms with Crippen molar-refractivity contribution in [1.82, 2.24) is 10.2 Å². The van der Waals surface area contributed by atoms with Gasteiger partial charge < -0.3 is 4.90 Å². The molecule has 14 heavy (non-hydrogen) atoms. The van der Waals surface area contributed by atoms with Gasteiger partial charge in [0.25, 0.3) is 0 Å². The molecule has 0 saturated carbocycles. The minimum absolute atomic E-state index is 0.0205. The first-order chi connectivity index (χ1) is 6.58. The number of amides is 1. The quantitative estimate of drug-likeness (QED) is 0.610. The van der Waals surface area contributed by atoms with Gasteiger partial charge in [-0.1, -0.05) is 0 Å². The fraction of sp³-hybridized carbons (Fsp3) is 0.875. The van der Waals surface area contributed by atoms with Crippen molar-refractivity contribution >= 4 is 15.7 Å². The van der Waals surface area contributed by atoms with Crippen LogP contribution in [0.2, 0.25) is 0 Å². The van der Waals surface area contributed by atoms with E-state index in [0.717, 1.165) is 6.42 Å². The first kappa shape index (κ1) is 9.92. The van der Waals surface area contributed by atoms with E-state index in [2.05, 4.69) is 5.32 Å². The molecule has 2 rings (SSSR count). The van der Waals surface area contributed by atoms with Crippen LogP contribution >= 0.6 is 0 Å². The van der Waals surface area contributed by atoms with Crippen molar-refractivity contribution in [2.75, 3.05) is 24.7 Å². The van der Waals surface area contributed by atoms with Crippen molar-refractivity contribution in [1.29, 1.82) is 0 Å². The van der Waals surface area contributed by atoms with Crippen LogP contribution in [0.15, 0.2) is 0 Å². The molecule has 0 bridgehead atoms. The second-order valence-corrected chi connectivity index (χ2v) is 6.09. The van der Waals surface area contributed by atoms with Crippen LogP contribution in [0.4, 0.5) is 0 Å². The van der Waals surface area contributed by atoms with E-state index in [4.69, 9.17) is 0 Å². The highest BCUT2D eigenvalue weighted by atomic mass is 32.2. The van der Waals surface area contributed by atoms with Crippen LogP contribution in [0.5, 0.6) is 0 Å². The van der Waals surface area contributed by atoms with Gasteiger partial charge in [-0.3, -0.25) is 10.1 Å². The zero-order valence-electron chi connectivity index (χ0n) is 7.90. The molecular weight excluding hydrogens is 204 g/mol. The number of rotatable bonds is 1. The van der Waals surface area contributed by atoms with E-state index in [-0.39, 0.29) is 23.5 Å². The third-order valence-electron chi connectivity index (χ3n) is 2.76. The minimum Gasteiger partial charge on any atom is -0.325 e. The van der Waals surface area contributed by atoms with Crippen LogP contribution in [0.3, 0.4) is 0 Å². The van der Waals surface area contributed by atoms with Gasteiger partial charge in [-0.05, 0) is 12.8 Å². The Labute approximate surface area is 83.4 Å². The van der Waals surface area contributed by atoms with Gasteiger partial charge in [0.15, 0.2) is 9.84 Å². The maximum atomic E-state index is 11.4. The van der Waals surface area contributed by atoms with E-state index < -0.39 is 9.84 Å². The maximum absolute atomic E-state index is 11.4. The van der Waals surface area contributed by atoms with Crippen molar-refractivity contribution in [2.45, 2.75) is 18.9 Å². The molecule has 6 heteroatoms. The average Bonchev–Trinajstić information content (AvgIpc) is 2.49. The van der Waals surface area contributed by atoms with Crippen LogP contribution in [0, 0.1) is 0 Å². The molecule has 2 aliphatic heterocycles. The molecule has 0 aromatic heterocycles. The molecule has 1 unspecified atom stereocenters. The molecule has 1 atom stereocenters. The maximum Gasteiger partial charge on any atom is 0.237 e. The van der Waals surface area contributed by atoms with Gasteiger partial charge in [0, 0.05) is 6.04 Å². The van der Waals surface area contributed by atoms with Gasteiger partial charge >= 0.3 is 0 Å². The van der Waals surface area contributed by atoms with Crippen molar-refractivity contribution < 1.29 is 13.2 Å². The first-order valence-corrected chi connectivity index (χ1v) is 6.61. The van der Waals surface area contributed by atoms with Gasteiger partial charge in [0.1, 0.15) is 0 Å². The number of carbonyl (C=O) groups excluding carboxylic acids is 1. The summed E-state index contributed by atoms with van der Waals surface area (Å²) in [7, 11) is -2.91. The number of hydrogen-bond acceptors (Lipinski definition) is 4. The normalized spacial score (nSPS) is 32.1. The lowest BCUT2D eigenvalue weighted by molar-refractivity contribution is -0.128. The largest absolute Gasteiger partial charge is 0.325 e. The Bertz CT molecular complexity index is 338. The van der Waals surface area contributed by atoms with Gasteiger partial charge in [-0.2, -0.15) is 0 Å². The predicted octanol–water partition coefficient (Wildman–Crippen LogP) is -1.05. The Morgan fingerprint density at radius 1 is 1.43 bits per heavy atom. The number of carbonyl (C=O) groups is 1. The topological polar surface area (TPSA) is 66.5 Å². The standard InChI is InChI=1S/C8H14N2O3S/c11-8-4-9-6-10(8)7-2-1-3-14(12,13)5-7/h7,9H,1-6H2. The summed E-state index contributed by atoms with van der Waals surface area (Å²) in [5.74, 6) is 0.437. The molecular formula is C8H14N2O3S. The molecule has 0 aromatic carbocycles. The molecule has 0 aromatic rings. The molecule has 0 aliphatic carbocycles. The fourth-order valence-corrected chi connectivity index (χ4v) is 3.76. The smallest absolute Gasteiger partial charge is 0.237 e. The van der Waals surface area contributed by atoms with E-state index in [1.165, 1.54) is 0 Å². The number of nitrogens with one attached hydrogen (secondary N) is 1. The monoisotopic (exact) mass is 218 g/mol. The fourth-order valence-electron chi connectivity index (χ4n) is 2.05. The van der Waals surface area contributed by atoms with Crippen LogP contribution in [-0.4, -0.2) is 50.0 Å². The summed E-state index contributed by atoms with van der Waals surface area (Å²) in [5, 5.41) is 2.93. The van der Waals surface area contributed by atoms with Crippen LogP contribution in [0.25, 0.3) is 0 Å². The predicted molar refractivity (Wildman–Crippen MR) is 51.4 cm³/mol. The first-order valence-electron chi connectivity index (χ1n) is 4.79. The highest BCUT2D eigenvalue weighted by Crippen LogP contribution is 2.18. The summed E-state index contributed by atoms with van der Waals surface area (Å²) < 4.78 is 22.7. The zero-order chi connectivity index (χ0) is 10.2. The van der Waals surface area contributed by atoms with Crippen molar-refractivity contribution in [3.05, 3.63) is 0 Å². The molecule has 2 saturated heterocycles. The molecule has 0 radical (unpaired) electrons. The van der Waals surface area contributed by atoms with Crippen molar-refractivity contribution in [2.24, 2.45) is 0 Å². The van der Waals surface area contributed by atoms with Gasteiger partial charge in [0.2, 0.25) is 5.91 Å². The number of hydrogen-bond donors (Lipinski definition) is 1. The molecule has 2 heterocycles. The Balaban J connectivity index is 2.07. The third kappa shape index (κ3) is 1.90. The Morgan fingerprint density at radius 3 is 2.79 bits per heavy atom. The average molecular weight is 218 g/mol. The summed E-state index contributed by atoms with van der Waals surface area (Å²) >= 11 is 0. The molecule has 1 N–H and O–H groups in total. The molecule has 1 amide bonds. The Kier molecular flexibility index (Phi) is 2.48. The van der Waals surface area contributed by atoms with E-state index in [9.17, 15) is 13.2 Å². The van der Waals surface area contributed by atoms with Crippen LogP contribution in [-0.2, 0) is 14.6 Å². The van der Waals surface area contributed by atoms with Gasteiger partial charge in [0.05, 0.1) is 24.7 Å². The van der Waals surface area contributed by atoms with Crippen LogP contribution < -0.4 is 5.32 Å². The van der Waals surface area contributed by atoms with E-state index in [1.807, 2.05) is 0 Å². The highest BCUT2D eigenvalue weighted by Gasteiger charge is 2.33. The molecule has 0 spiro atoms. The Hall–Kier alpha value is -0.620. The lowest BCUT2D eigenvalue weighted by atomic mass is 10.1. The summed E-state index contributed by atoms with van der Waals surface area (Å²) in [6, 6.07) is -0.101. The van der Waals surface area contributed by atoms with Crippen LogP contribution in [0.1, 0.15) is 12.8 Å². The molecule has 5 nitrogen and oxygen atoms in total. The van der Waals surface area contributed by atoms with Gasteiger partial charge in [-0.25, -0.2) is 8.42 Å². The van der Waals surface area contributed by atoms with E-state index in [0.29, 0.717) is 19.6 Å². The second kappa shape index (κ2) is 3.51. The lowest BCUT2D eigenvalue weighted by Crippen LogP contribution is -2.44. The number of nitrogens with zero attached hydrogens (tertiary/aromatic N) is 1. The second-order valence-electron chi connectivity index (χ2n) is 3.86. The summed E-state index contributed by atoms with van der Waals surface area (Å²) in [4.78, 5) is 13.0. The highest BCUT2D eigenvalue weighted by molar-refractivity contribution is 7.91. The van der Waals surface area contributed by atoms with Gasteiger partial charge in [-0.15, -0.1) is 0 Å². The minimum atomic E-state index is -2.91. The molecule has 2 aliphatic rings. The third-order valence-corrected chi connectivity index (χ3v) is 4.56. The van der Waals surface area contributed by atoms with E-state index in [1.54, 1.807) is 4.90 Å². The molecule has 2 fully saturated rings. The Morgan fingerprint density at radius 2 is 2.21 bits per heavy atom.